The Bertz CT molecular complexity index is 883. The van der Waals surface area contributed by atoms with Crippen molar-refractivity contribution < 1.29 is 22.4 Å². The molecule has 0 unspecified atom stereocenters. The highest BCUT2D eigenvalue weighted by Gasteiger charge is 2.40. The summed E-state index contributed by atoms with van der Waals surface area (Å²) in [6.07, 6.45) is -2.40. The minimum Gasteiger partial charge on any atom is -0.467 e. The fourth-order valence-corrected chi connectivity index (χ4v) is 2.45. The van der Waals surface area contributed by atoms with Gasteiger partial charge in [-0.1, -0.05) is 18.2 Å². The van der Waals surface area contributed by atoms with Crippen LogP contribution in [-0.4, -0.2) is 15.7 Å². The predicted octanol–water partition coefficient (Wildman–Crippen LogP) is 3.72. The molecule has 0 spiro atoms. The molecule has 25 heavy (non-hydrogen) atoms. The Morgan fingerprint density at radius 1 is 1.24 bits per heavy atom. The van der Waals surface area contributed by atoms with Gasteiger partial charge >= 0.3 is 6.18 Å². The van der Waals surface area contributed by atoms with Crippen molar-refractivity contribution in [1.82, 2.24) is 15.1 Å². The Balaban J connectivity index is 1.97. The predicted molar refractivity (Wildman–Crippen MR) is 83.2 cm³/mol. The summed E-state index contributed by atoms with van der Waals surface area (Å²) < 4.78 is 46.5. The van der Waals surface area contributed by atoms with Crippen molar-refractivity contribution in [2.24, 2.45) is 0 Å². The van der Waals surface area contributed by atoms with Crippen molar-refractivity contribution in [2.75, 3.05) is 0 Å². The van der Waals surface area contributed by atoms with Crippen LogP contribution in [0.1, 0.15) is 27.4 Å². The van der Waals surface area contributed by atoms with Crippen molar-refractivity contribution in [3.05, 3.63) is 71.4 Å². The molecule has 0 aliphatic rings. The molecule has 0 aliphatic heterocycles. The van der Waals surface area contributed by atoms with Crippen molar-refractivity contribution >= 4 is 5.91 Å². The first kappa shape index (κ1) is 16.8. The van der Waals surface area contributed by atoms with E-state index in [1.165, 1.54) is 12.3 Å². The normalized spacial score (nSPS) is 11.5. The summed E-state index contributed by atoms with van der Waals surface area (Å²) in [5.74, 6) is -0.434. The van der Waals surface area contributed by atoms with Crippen LogP contribution >= 0.6 is 0 Å². The number of nitrogens with one attached hydrogen (secondary N) is 1. The van der Waals surface area contributed by atoms with Crippen LogP contribution in [0.2, 0.25) is 0 Å². The smallest absolute Gasteiger partial charge is 0.434 e. The highest BCUT2D eigenvalue weighted by molar-refractivity contribution is 5.95. The minimum absolute atomic E-state index is 0.0152. The van der Waals surface area contributed by atoms with Crippen LogP contribution in [0.5, 0.6) is 0 Å². The molecule has 2 aromatic heterocycles. The SMILES string of the molecule is Cc1ccccc1-n1ncc(C(=O)NCc2ccco2)c1C(F)(F)F. The lowest BCUT2D eigenvalue weighted by atomic mass is 10.1. The van der Waals surface area contributed by atoms with Crippen LogP contribution in [0.25, 0.3) is 5.69 Å². The van der Waals surface area contributed by atoms with Crippen LogP contribution in [0, 0.1) is 6.92 Å². The highest BCUT2D eigenvalue weighted by Crippen LogP contribution is 2.34. The molecule has 0 atom stereocenters. The van der Waals surface area contributed by atoms with Crippen molar-refractivity contribution in [3.8, 4) is 5.69 Å². The maximum absolute atomic E-state index is 13.6. The van der Waals surface area contributed by atoms with Gasteiger partial charge in [0, 0.05) is 0 Å². The second-order valence-electron chi connectivity index (χ2n) is 5.36. The molecule has 0 fully saturated rings. The van der Waals surface area contributed by atoms with Crippen molar-refractivity contribution in [3.63, 3.8) is 0 Å². The molecule has 3 rings (SSSR count). The second-order valence-corrected chi connectivity index (χ2v) is 5.36. The average molecular weight is 349 g/mol. The van der Waals surface area contributed by atoms with Gasteiger partial charge in [-0.2, -0.15) is 18.3 Å². The number of halogens is 3. The fraction of sp³-hybridized carbons (Fsp3) is 0.176. The number of carbonyl (C=O) groups is 1. The van der Waals surface area contributed by atoms with E-state index in [0.29, 0.717) is 11.3 Å². The number of amides is 1. The summed E-state index contributed by atoms with van der Waals surface area (Å²) in [6.45, 7) is 1.66. The van der Waals surface area contributed by atoms with Gasteiger partial charge in [0.1, 0.15) is 5.76 Å². The van der Waals surface area contributed by atoms with Gasteiger partial charge in [-0.15, -0.1) is 0 Å². The number of hydrogen-bond acceptors (Lipinski definition) is 3. The van der Waals surface area contributed by atoms with E-state index < -0.39 is 23.3 Å². The number of aryl methyl sites for hydroxylation is 1. The quantitative estimate of drug-likeness (QED) is 0.781. The molecule has 3 aromatic rings. The molecule has 0 radical (unpaired) electrons. The Morgan fingerprint density at radius 2 is 2.00 bits per heavy atom. The zero-order valence-corrected chi connectivity index (χ0v) is 13.2. The van der Waals surface area contributed by atoms with E-state index in [1.54, 1.807) is 37.3 Å². The van der Waals surface area contributed by atoms with Gasteiger partial charge in [0.05, 0.1) is 30.3 Å². The third kappa shape index (κ3) is 3.42. The fourth-order valence-electron chi connectivity index (χ4n) is 2.45. The number of nitrogens with zero attached hydrogens (tertiary/aromatic N) is 2. The number of para-hydroxylation sites is 1. The summed E-state index contributed by atoms with van der Waals surface area (Å²) in [5.41, 5.74) is -0.778. The van der Waals surface area contributed by atoms with E-state index in [1.807, 2.05) is 0 Å². The Labute approximate surface area is 141 Å². The number of rotatable bonds is 4. The number of benzene rings is 1. The van der Waals surface area contributed by atoms with Gasteiger partial charge in [-0.25, -0.2) is 4.68 Å². The Morgan fingerprint density at radius 3 is 2.64 bits per heavy atom. The van der Waals surface area contributed by atoms with Crippen molar-refractivity contribution in [2.45, 2.75) is 19.6 Å². The third-order valence-corrected chi connectivity index (χ3v) is 3.63. The first-order chi connectivity index (χ1) is 11.9. The topological polar surface area (TPSA) is 60.1 Å². The van der Waals surface area contributed by atoms with E-state index in [0.717, 1.165) is 10.9 Å². The molecule has 1 N–H and O–H groups in total. The molecule has 0 bridgehead atoms. The Kier molecular flexibility index (Phi) is 4.35. The maximum atomic E-state index is 13.6. The zero-order valence-electron chi connectivity index (χ0n) is 13.2. The van der Waals surface area contributed by atoms with Crippen molar-refractivity contribution in [1.29, 1.82) is 0 Å². The van der Waals surface area contributed by atoms with E-state index in [4.69, 9.17) is 4.42 Å². The summed E-state index contributed by atoms with van der Waals surface area (Å²) >= 11 is 0. The number of hydrogen-bond donors (Lipinski definition) is 1. The molecule has 8 heteroatoms. The van der Waals surface area contributed by atoms with E-state index in [-0.39, 0.29) is 12.2 Å². The lowest BCUT2D eigenvalue weighted by molar-refractivity contribution is -0.143. The lowest BCUT2D eigenvalue weighted by Crippen LogP contribution is -2.26. The van der Waals surface area contributed by atoms with Crippen LogP contribution in [0.4, 0.5) is 13.2 Å². The summed E-state index contributed by atoms with van der Waals surface area (Å²) in [7, 11) is 0. The molecule has 5 nitrogen and oxygen atoms in total. The zero-order chi connectivity index (χ0) is 18.0. The van der Waals surface area contributed by atoms with Gasteiger partial charge in [0.2, 0.25) is 0 Å². The second kappa shape index (κ2) is 6.46. The van der Waals surface area contributed by atoms with E-state index in [2.05, 4.69) is 10.4 Å². The molecule has 130 valence electrons. The molecule has 1 amide bonds. The van der Waals surface area contributed by atoms with Gasteiger partial charge in [0.15, 0.2) is 5.69 Å². The first-order valence-corrected chi connectivity index (χ1v) is 7.39. The molecule has 0 aliphatic carbocycles. The first-order valence-electron chi connectivity index (χ1n) is 7.39. The monoisotopic (exact) mass is 349 g/mol. The van der Waals surface area contributed by atoms with Crippen LogP contribution in [0.15, 0.2) is 53.3 Å². The van der Waals surface area contributed by atoms with Crippen LogP contribution in [0.3, 0.4) is 0 Å². The number of alkyl halides is 3. The minimum atomic E-state index is -4.74. The third-order valence-electron chi connectivity index (χ3n) is 3.63. The molecular weight excluding hydrogens is 335 g/mol. The van der Waals surface area contributed by atoms with Gasteiger partial charge in [-0.05, 0) is 30.7 Å². The molecule has 1 aromatic carbocycles. The largest absolute Gasteiger partial charge is 0.467 e. The maximum Gasteiger partial charge on any atom is 0.434 e. The van der Waals surface area contributed by atoms with Gasteiger partial charge < -0.3 is 9.73 Å². The molecule has 0 saturated heterocycles. The summed E-state index contributed by atoms with van der Waals surface area (Å²) in [5, 5.41) is 6.20. The van der Waals surface area contributed by atoms with Crippen LogP contribution in [-0.2, 0) is 12.7 Å². The van der Waals surface area contributed by atoms with Crippen LogP contribution < -0.4 is 5.32 Å². The Hall–Kier alpha value is -3.03. The van der Waals surface area contributed by atoms with E-state index in [9.17, 15) is 18.0 Å². The summed E-state index contributed by atoms with van der Waals surface area (Å²) in [6, 6.07) is 9.75. The van der Waals surface area contributed by atoms with Gasteiger partial charge in [0.25, 0.3) is 5.91 Å². The number of carbonyl (C=O) groups excluding carboxylic acids is 1. The summed E-state index contributed by atoms with van der Waals surface area (Å²) in [4.78, 5) is 12.2. The highest BCUT2D eigenvalue weighted by atomic mass is 19.4. The van der Waals surface area contributed by atoms with Gasteiger partial charge in [-0.3, -0.25) is 4.79 Å². The number of furan rings is 1. The van der Waals surface area contributed by atoms with E-state index >= 15 is 0 Å². The lowest BCUT2D eigenvalue weighted by Gasteiger charge is -2.14. The molecule has 2 heterocycles. The standard InChI is InChI=1S/C17H14F3N3O2/c1-11-5-2-3-7-14(11)23-15(17(18,19)20)13(10-22-23)16(24)21-9-12-6-4-8-25-12/h2-8,10H,9H2,1H3,(H,21,24). The number of aromatic nitrogens is 2. The molecule has 0 saturated carbocycles. The molecular formula is C17H14F3N3O2. The average Bonchev–Trinajstić information content (AvgIpc) is 3.22.